The van der Waals surface area contributed by atoms with E-state index in [1.807, 2.05) is 30.6 Å². The molecule has 0 saturated heterocycles. The van der Waals surface area contributed by atoms with Crippen LogP contribution in [-0.4, -0.2) is 15.9 Å². The van der Waals surface area contributed by atoms with Crippen LogP contribution < -0.4 is 5.32 Å². The van der Waals surface area contributed by atoms with E-state index < -0.39 is 0 Å². The Morgan fingerprint density at radius 3 is 3.13 bits per heavy atom. The molecule has 3 nitrogen and oxygen atoms in total. The van der Waals surface area contributed by atoms with E-state index in [1.54, 1.807) is 0 Å². The molecule has 0 bridgehead atoms. The molecular weight excluding hydrogens is 186 g/mol. The summed E-state index contributed by atoms with van der Waals surface area (Å²) in [6.45, 7) is 3.24. The summed E-state index contributed by atoms with van der Waals surface area (Å²) in [5.74, 6) is 1.08. The van der Waals surface area contributed by atoms with Gasteiger partial charge in [0.05, 0.1) is 6.20 Å². The lowest BCUT2D eigenvalue weighted by Gasteiger charge is -2.04. The first kappa shape index (κ1) is 10.0. The lowest BCUT2D eigenvalue weighted by atomic mass is 10.2. The molecule has 0 aliphatic carbocycles. The molecule has 0 atom stereocenters. The van der Waals surface area contributed by atoms with E-state index in [0.717, 1.165) is 18.0 Å². The Labute approximate surface area is 90.1 Å². The number of fused-ring (bicyclic) bond motifs is 1. The van der Waals surface area contributed by atoms with Crippen LogP contribution in [0.3, 0.4) is 0 Å². The summed E-state index contributed by atoms with van der Waals surface area (Å²) in [4.78, 5) is 4.32. The fourth-order valence-electron chi connectivity index (χ4n) is 1.65. The molecule has 2 aromatic rings. The lowest BCUT2D eigenvalue weighted by Crippen LogP contribution is -2.03. The van der Waals surface area contributed by atoms with E-state index in [4.69, 9.17) is 0 Å². The summed E-state index contributed by atoms with van der Waals surface area (Å²) in [7, 11) is 0. The summed E-state index contributed by atoms with van der Waals surface area (Å²) in [5, 5.41) is 3.40. The second-order valence-corrected chi connectivity index (χ2v) is 3.71. The van der Waals surface area contributed by atoms with E-state index in [9.17, 15) is 0 Å². The summed E-state index contributed by atoms with van der Waals surface area (Å²) in [6.07, 6.45) is 7.68. The SMILES string of the molecule is CCCCCNc1cnc2ccccn12. The Balaban J connectivity index is 2.02. The van der Waals surface area contributed by atoms with Gasteiger partial charge in [0.15, 0.2) is 0 Å². The predicted octanol–water partition coefficient (Wildman–Crippen LogP) is 2.94. The average Bonchev–Trinajstić information content (AvgIpc) is 2.68. The van der Waals surface area contributed by atoms with E-state index >= 15 is 0 Å². The molecule has 0 unspecified atom stereocenters. The maximum absolute atomic E-state index is 4.32. The Bertz CT molecular complexity index is 419. The molecule has 80 valence electrons. The predicted molar refractivity (Wildman–Crippen MR) is 63.2 cm³/mol. The molecule has 3 heteroatoms. The van der Waals surface area contributed by atoms with Crippen molar-refractivity contribution < 1.29 is 0 Å². The van der Waals surface area contributed by atoms with Crippen molar-refractivity contribution in [2.45, 2.75) is 26.2 Å². The quantitative estimate of drug-likeness (QED) is 0.757. The van der Waals surface area contributed by atoms with Gasteiger partial charge in [-0.25, -0.2) is 4.98 Å². The summed E-state index contributed by atoms with van der Waals surface area (Å²) < 4.78 is 2.08. The highest BCUT2D eigenvalue weighted by Gasteiger charge is 1.99. The molecule has 15 heavy (non-hydrogen) atoms. The third-order valence-corrected chi connectivity index (χ3v) is 2.50. The summed E-state index contributed by atoms with van der Waals surface area (Å²) in [5.41, 5.74) is 0.996. The van der Waals surface area contributed by atoms with Crippen LogP contribution in [0.5, 0.6) is 0 Å². The van der Waals surface area contributed by atoms with Crippen LogP contribution in [0, 0.1) is 0 Å². The van der Waals surface area contributed by atoms with Crippen LogP contribution in [0.15, 0.2) is 30.6 Å². The van der Waals surface area contributed by atoms with Gasteiger partial charge in [-0.3, -0.25) is 4.40 Å². The number of hydrogen-bond acceptors (Lipinski definition) is 2. The van der Waals surface area contributed by atoms with Crippen molar-refractivity contribution in [2.75, 3.05) is 11.9 Å². The highest BCUT2D eigenvalue weighted by atomic mass is 15.1. The van der Waals surface area contributed by atoms with Gasteiger partial charge in [-0.1, -0.05) is 25.8 Å². The third-order valence-electron chi connectivity index (χ3n) is 2.50. The second-order valence-electron chi connectivity index (χ2n) is 3.71. The summed E-state index contributed by atoms with van der Waals surface area (Å²) >= 11 is 0. The maximum Gasteiger partial charge on any atom is 0.138 e. The Morgan fingerprint density at radius 1 is 1.33 bits per heavy atom. The van der Waals surface area contributed by atoms with Crippen LogP contribution in [0.25, 0.3) is 5.65 Å². The molecule has 0 spiro atoms. The number of anilines is 1. The van der Waals surface area contributed by atoms with Gasteiger partial charge in [-0.05, 0) is 18.6 Å². The van der Waals surface area contributed by atoms with Crippen molar-refractivity contribution in [1.82, 2.24) is 9.38 Å². The largest absolute Gasteiger partial charge is 0.370 e. The standard InChI is InChI=1S/C12H17N3/c1-2-3-5-8-13-12-10-14-11-7-4-6-9-15(11)12/h4,6-7,9-10,13H,2-3,5,8H2,1H3. The van der Waals surface area contributed by atoms with E-state index in [2.05, 4.69) is 21.6 Å². The maximum atomic E-state index is 4.32. The Kier molecular flexibility index (Phi) is 3.22. The summed E-state index contributed by atoms with van der Waals surface area (Å²) in [6, 6.07) is 6.03. The number of imidazole rings is 1. The minimum Gasteiger partial charge on any atom is -0.370 e. The molecule has 0 aromatic carbocycles. The van der Waals surface area contributed by atoms with Crippen molar-refractivity contribution in [2.24, 2.45) is 0 Å². The zero-order valence-electron chi connectivity index (χ0n) is 9.11. The lowest BCUT2D eigenvalue weighted by molar-refractivity contribution is 0.742. The molecule has 0 radical (unpaired) electrons. The highest BCUT2D eigenvalue weighted by Crippen LogP contribution is 2.10. The fourth-order valence-corrected chi connectivity index (χ4v) is 1.65. The smallest absolute Gasteiger partial charge is 0.138 e. The van der Waals surface area contributed by atoms with Gasteiger partial charge in [-0.2, -0.15) is 0 Å². The van der Waals surface area contributed by atoms with Crippen molar-refractivity contribution in [3.63, 3.8) is 0 Å². The normalized spacial score (nSPS) is 10.7. The van der Waals surface area contributed by atoms with Gasteiger partial charge in [0.2, 0.25) is 0 Å². The van der Waals surface area contributed by atoms with Crippen LogP contribution in [0.2, 0.25) is 0 Å². The number of unbranched alkanes of at least 4 members (excludes halogenated alkanes) is 2. The molecule has 1 N–H and O–H groups in total. The van der Waals surface area contributed by atoms with Gasteiger partial charge in [-0.15, -0.1) is 0 Å². The van der Waals surface area contributed by atoms with E-state index in [1.165, 1.54) is 19.3 Å². The van der Waals surface area contributed by atoms with Crippen molar-refractivity contribution >= 4 is 11.5 Å². The first-order valence-electron chi connectivity index (χ1n) is 5.58. The second kappa shape index (κ2) is 4.82. The molecule has 0 aliphatic rings. The molecule has 0 saturated carbocycles. The van der Waals surface area contributed by atoms with Crippen LogP contribution in [-0.2, 0) is 0 Å². The number of hydrogen-bond donors (Lipinski definition) is 1. The van der Waals surface area contributed by atoms with E-state index in [-0.39, 0.29) is 0 Å². The monoisotopic (exact) mass is 203 g/mol. The Morgan fingerprint density at radius 2 is 2.27 bits per heavy atom. The Hall–Kier alpha value is -1.51. The zero-order valence-corrected chi connectivity index (χ0v) is 9.11. The van der Waals surface area contributed by atoms with Crippen LogP contribution in [0.4, 0.5) is 5.82 Å². The number of pyridine rings is 1. The van der Waals surface area contributed by atoms with Gasteiger partial charge in [0, 0.05) is 12.7 Å². The topological polar surface area (TPSA) is 29.3 Å². The minimum absolute atomic E-state index is 0.996. The molecule has 2 heterocycles. The van der Waals surface area contributed by atoms with Crippen LogP contribution in [0.1, 0.15) is 26.2 Å². The number of nitrogens with zero attached hydrogens (tertiary/aromatic N) is 2. The minimum atomic E-state index is 0.996. The van der Waals surface area contributed by atoms with Crippen molar-refractivity contribution in [3.05, 3.63) is 30.6 Å². The zero-order chi connectivity index (χ0) is 10.5. The average molecular weight is 203 g/mol. The van der Waals surface area contributed by atoms with Gasteiger partial charge < -0.3 is 5.32 Å². The van der Waals surface area contributed by atoms with Gasteiger partial charge in [0.25, 0.3) is 0 Å². The van der Waals surface area contributed by atoms with E-state index in [0.29, 0.717) is 0 Å². The number of rotatable bonds is 5. The fraction of sp³-hybridized carbons (Fsp3) is 0.417. The number of nitrogens with one attached hydrogen (secondary N) is 1. The van der Waals surface area contributed by atoms with Gasteiger partial charge in [0.1, 0.15) is 11.5 Å². The molecule has 0 amide bonds. The van der Waals surface area contributed by atoms with Crippen molar-refractivity contribution in [1.29, 1.82) is 0 Å². The van der Waals surface area contributed by atoms with Crippen molar-refractivity contribution in [3.8, 4) is 0 Å². The highest BCUT2D eigenvalue weighted by molar-refractivity contribution is 5.49. The first-order chi connectivity index (χ1) is 7.42. The van der Waals surface area contributed by atoms with Gasteiger partial charge >= 0.3 is 0 Å². The molecule has 0 fully saturated rings. The molecule has 2 aromatic heterocycles. The molecular formula is C12H17N3. The first-order valence-corrected chi connectivity index (χ1v) is 5.58. The molecule has 2 rings (SSSR count). The van der Waals surface area contributed by atoms with Crippen LogP contribution >= 0.6 is 0 Å². The third kappa shape index (κ3) is 2.29. The number of aromatic nitrogens is 2. The molecule has 0 aliphatic heterocycles.